The summed E-state index contributed by atoms with van der Waals surface area (Å²) in [5.41, 5.74) is 0. The molecule has 1 aliphatic carbocycles. The van der Waals surface area contributed by atoms with Gasteiger partial charge >= 0.3 is 0 Å². The molecule has 1 saturated heterocycles. The highest BCUT2D eigenvalue weighted by Crippen LogP contribution is 2.40. The molecule has 2 aliphatic rings. The second-order valence-corrected chi connectivity index (χ2v) is 5.34. The first kappa shape index (κ1) is 10.9. The van der Waals surface area contributed by atoms with Crippen LogP contribution in [-0.2, 0) is 4.79 Å². The summed E-state index contributed by atoms with van der Waals surface area (Å²) in [6.45, 7) is 5.48. The first-order valence-electron chi connectivity index (χ1n) is 6.08. The van der Waals surface area contributed by atoms with Crippen LogP contribution in [0.2, 0.25) is 0 Å². The largest absolute Gasteiger partial charge is 0.344 e. The highest BCUT2D eigenvalue weighted by atomic mass is 16.2. The summed E-state index contributed by atoms with van der Waals surface area (Å²) >= 11 is 0. The van der Waals surface area contributed by atoms with Crippen LogP contribution in [0, 0.1) is 11.8 Å². The average molecular weight is 210 g/mol. The zero-order valence-electron chi connectivity index (χ0n) is 9.99. The van der Waals surface area contributed by atoms with Crippen LogP contribution in [0.1, 0.15) is 33.1 Å². The summed E-state index contributed by atoms with van der Waals surface area (Å²) in [7, 11) is 1.90. The summed E-state index contributed by atoms with van der Waals surface area (Å²) in [5, 5.41) is 3.67. The number of nitrogens with zero attached hydrogens (tertiary/aromatic N) is 1. The van der Waals surface area contributed by atoms with E-state index in [1.54, 1.807) is 0 Å². The van der Waals surface area contributed by atoms with Crippen LogP contribution < -0.4 is 5.32 Å². The van der Waals surface area contributed by atoms with Crippen LogP contribution in [0.25, 0.3) is 0 Å². The van der Waals surface area contributed by atoms with Crippen LogP contribution in [-0.4, -0.2) is 36.5 Å². The molecule has 0 aromatic rings. The molecular formula is C12H22N2O. The van der Waals surface area contributed by atoms with E-state index in [9.17, 15) is 4.79 Å². The lowest BCUT2D eigenvalue weighted by Crippen LogP contribution is -2.49. The molecule has 1 heterocycles. The van der Waals surface area contributed by atoms with E-state index < -0.39 is 0 Å². The molecule has 86 valence electrons. The zero-order valence-corrected chi connectivity index (χ0v) is 9.99. The third-order valence-electron chi connectivity index (χ3n) is 3.94. The molecule has 4 atom stereocenters. The average Bonchev–Trinajstić information content (AvgIpc) is 2.89. The molecule has 2 rings (SSSR count). The van der Waals surface area contributed by atoms with Crippen molar-refractivity contribution in [2.24, 2.45) is 11.8 Å². The maximum atomic E-state index is 11.3. The van der Waals surface area contributed by atoms with Crippen LogP contribution in [0.15, 0.2) is 0 Å². The molecule has 0 bridgehead atoms. The van der Waals surface area contributed by atoms with Gasteiger partial charge in [-0.15, -0.1) is 0 Å². The summed E-state index contributed by atoms with van der Waals surface area (Å²) in [6.07, 6.45) is 3.09. The number of nitrogens with one attached hydrogen (secondary N) is 1. The van der Waals surface area contributed by atoms with Gasteiger partial charge in [-0.2, -0.15) is 0 Å². The Labute approximate surface area is 92.2 Å². The van der Waals surface area contributed by atoms with Crippen molar-refractivity contribution in [3.05, 3.63) is 0 Å². The molecule has 3 nitrogen and oxygen atoms in total. The molecule has 1 N–H and O–H groups in total. The van der Waals surface area contributed by atoms with Gasteiger partial charge in [-0.05, 0) is 31.6 Å². The Morgan fingerprint density at radius 3 is 2.73 bits per heavy atom. The lowest BCUT2D eigenvalue weighted by Gasteiger charge is -2.32. The van der Waals surface area contributed by atoms with E-state index in [0.717, 1.165) is 24.8 Å². The van der Waals surface area contributed by atoms with Crippen LogP contribution in [0.5, 0.6) is 0 Å². The number of carbonyl (C=O) groups is 1. The first-order chi connectivity index (χ1) is 7.08. The molecule has 2 fully saturated rings. The number of amides is 1. The first-order valence-corrected chi connectivity index (χ1v) is 6.08. The van der Waals surface area contributed by atoms with Gasteiger partial charge in [0.25, 0.3) is 0 Å². The molecule has 0 spiro atoms. The van der Waals surface area contributed by atoms with Crippen molar-refractivity contribution in [1.29, 1.82) is 0 Å². The van der Waals surface area contributed by atoms with Crippen molar-refractivity contribution in [2.75, 3.05) is 13.6 Å². The Bertz CT molecular complexity index is 254. The molecule has 1 amide bonds. The highest BCUT2D eigenvalue weighted by molar-refractivity contribution is 5.76. The molecule has 0 aromatic carbocycles. The summed E-state index contributed by atoms with van der Waals surface area (Å²) in [6, 6.07) is 1.13. The Hall–Kier alpha value is -0.570. The molecule has 3 heteroatoms. The number of carbonyl (C=O) groups excluding carboxylic acids is 1. The maximum absolute atomic E-state index is 11.3. The van der Waals surface area contributed by atoms with Gasteiger partial charge in [0.2, 0.25) is 5.91 Å². The summed E-state index contributed by atoms with van der Waals surface area (Å²) in [4.78, 5) is 13.2. The fourth-order valence-corrected chi connectivity index (χ4v) is 2.69. The standard InChI is InChI=1S/C12H22N2O/c1-8-6-11(8)9(2)13-10-4-5-12(15)14(3)7-10/h8-11,13H,4-7H2,1-3H3/t8-,9?,10?,11-/m1/s1. The van der Waals surface area contributed by atoms with Gasteiger partial charge in [-0.1, -0.05) is 6.92 Å². The topological polar surface area (TPSA) is 32.3 Å². The van der Waals surface area contributed by atoms with E-state index in [4.69, 9.17) is 0 Å². The molecule has 2 unspecified atom stereocenters. The smallest absolute Gasteiger partial charge is 0.222 e. The van der Waals surface area contributed by atoms with E-state index >= 15 is 0 Å². The van der Waals surface area contributed by atoms with Crippen molar-refractivity contribution in [3.63, 3.8) is 0 Å². The lowest BCUT2D eigenvalue weighted by atomic mass is 10.0. The number of piperidine rings is 1. The Balaban J connectivity index is 1.77. The fraction of sp³-hybridized carbons (Fsp3) is 0.917. The van der Waals surface area contributed by atoms with Gasteiger partial charge in [-0.3, -0.25) is 4.79 Å². The molecule has 1 saturated carbocycles. The van der Waals surface area contributed by atoms with Gasteiger partial charge in [0.05, 0.1) is 0 Å². The van der Waals surface area contributed by atoms with Crippen LogP contribution in [0.4, 0.5) is 0 Å². The Morgan fingerprint density at radius 2 is 2.20 bits per heavy atom. The quantitative estimate of drug-likeness (QED) is 0.760. The van der Waals surface area contributed by atoms with E-state index in [2.05, 4.69) is 19.2 Å². The van der Waals surface area contributed by atoms with Gasteiger partial charge in [0, 0.05) is 32.1 Å². The lowest BCUT2D eigenvalue weighted by molar-refractivity contribution is -0.132. The highest BCUT2D eigenvalue weighted by Gasteiger charge is 2.38. The third kappa shape index (κ3) is 2.51. The van der Waals surface area contributed by atoms with Crippen molar-refractivity contribution in [1.82, 2.24) is 10.2 Å². The molecule has 1 aliphatic heterocycles. The number of hydrogen-bond donors (Lipinski definition) is 1. The van der Waals surface area contributed by atoms with Crippen molar-refractivity contribution >= 4 is 5.91 Å². The number of likely N-dealkylation sites (N-methyl/N-ethyl adjacent to an activating group) is 1. The minimum atomic E-state index is 0.292. The van der Waals surface area contributed by atoms with Gasteiger partial charge in [-0.25, -0.2) is 0 Å². The van der Waals surface area contributed by atoms with E-state index in [1.807, 2.05) is 11.9 Å². The predicted molar refractivity (Wildman–Crippen MR) is 60.5 cm³/mol. The molecule has 15 heavy (non-hydrogen) atoms. The van der Waals surface area contributed by atoms with E-state index in [-0.39, 0.29) is 0 Å². The van der Waals surface area contributed by atoms with Crippen molar-refractivity contribution in [2.45, 2.75) is 45.2 Å². The normalized spacial score (nSPS) is 37.9. The van der Waals surface area contributed by atoms with Gasteiger partial charge in [0.1, 0.15) is 0 Å². The van der Waals surface area contributed by atoms with E-state index in [0.29, 0.717) is 24.4 Å². The minimum Gasteiger partial charge on any atom is -0.344 e. The summed E-state index contributed by atoms with van der Waals surface area (Å²) in [5.74, 6) is 2.06. The second-order valence-electron chi connectivity index (χ2n) is 5.34. The SMILES string of the molecule is CC(NC1CCC(=O)N(C)C1)[C@@H]1C[C@H]1C. The predicted octanol–water partition coefficient (Wildman–Crippen LogP) is 1.24. The monoisotopic (exact) mass is 210 g/mol. The van der Waals surface area contributed by atoms with E-state index in [1.165, 1.54) is 6.42 Å². The molecule has 0 aromatic heterocycles. The van der Waals surface area contributed by atoms with Gasteiger partial charge < -0.3 is 10.2 Å². The molecule has 0 radical (unpaired) electrons. The second kappa shape index (κ2) is 4.12. The van der Waals surface area contributed by atoms with Crippen LogP contribution in [0.3, 0.4) is 0 Å². The van der Waals surface area contributed by atoms with Crippen molar-refractivity contribution < 1.29 is 4.79 Å². The fourth-order valence-electron chi connectivity index (χ4n) is 2.69. The maximum Gasteiger partial charge on any atom is 0.222 e. The zero-order chi connectivity index (χ0) is 11.0. The summed E-state index contributed by atoms with van der Waals surface area (Å²) < 4.78 is 0. The molecular weight excluding hydrogens is 188 g/mol. The number of likely N-dealkylation sites (tertiary alicyclic amines) is 1. The number of hydrogen-bond acceptors (Lipinski definition) is 2. The Morgan fingerprint density at radius 1 is 1.53 bits per heavy atom. The minimum absolute atomic E-state index is 0.292. The third-order valence-corrected chi connectivity index (χ3v) is 3.94. The van der Waals surface area contributed by atoms with Crippen molar-refractivity contribution in [3.8, 4) is 0 Å². The van der Waals surface area contributed by atoms with Crippen LogP contribution >= 0.6 is 0 Å². The Kier molecular flexibility index (Phi) is 3.01. The van der Waals surface area contributed by atoms with Gasteiger partial charge in [0.15, 0.2) is 0 Å². The number of rotatable bonds is 3.